The Hall–Kier alpha value is -2.36. The van der Waals surface area contributed by atoms with Crippen LogP contribution in [0.25, 0.3) is 16.9 Å². The lowest BCUT2D eigenvalue weighted by Gasteiger charge is -2.34. The van der Waals surface area contributed by atoms with Crippen molar-refractivity contribution in [3.05, 3.63) is 54.0 Å². The summed E-state index contributed by atoms with van der Waals surface area (Å²) < 4.78 is 15.9. The Morgan fingerprint density at radius 1 is 1.04 bits per heavy atom. The first-order chi connectivity index (χ1) is 12.1. The monoisotopic (exact) mass is 353 g/mol. The molecule has 0 saturated heterocycles. The van der Waals surface area contributed by atoms with Gasteiger partial charge in [0.15, 0.2) is 0 Å². The molecule has 0 aliphatic carbocycles. The van der Waals surface area contributed by atoms with Gasteiger partial charge in [0.1, 0.15) is 23.0 Å². The summed E-state index contributed by atoms with van der Waals surface area (Å²) in [5, 5.41) is 3.70. The second-order valence-corrected chi connectivity index (χ2v) is 8.93. The van der Waals surface area contributed by atoms with E-state index < -0.39 is 0 Å². The molecule has 0 unspecified atom stereocenters. The normalized spacial score (nSPS) is 12.6. The minimum atomic E-state index is -0.254. The number of hydrogen-bond acceptors (Lipinski definition) is 2. The number of rotatable bonds is 4. The zero-order valence-corrected chi connectivity index (χ0v) is 16.5. The molecule has 26 heavy (non-hydrogen) atoms. The molecule has 0 aliphatic rings. The van der Waals surface area contributed by atoms with Crippen molar-refractivity contribution in [2.45, 2.75) is 53.5 Å². The molecule has 3 rings (SSSR count). The van der Waals surface area contributed by atoms with Crippen LogP contribution in [0.5, 0.6) is 0 Å². The fourth-order valence-corrected chi connectivity index (χ4v) is 3.90. The molecule has 2 heterocycles. The number of hydrogen-bond donors (Lipinski definition) is 1. The average molecular weight is 353 g/mol. The zero-order valence-electron chi connectivity index (χ0n) is 16.5. The predicted octanol–water partition coefficient (Wildman–Crippen LogP) is 6.08. The molecule has 4 heteroatoms. The Bertz CT molecular complexity index is 932. The van der Waals surface area contributed by atoms with E-state index >= 15 is 0 Å². The third kappa shape index (κ3) is 3.90. The number of fused-ring (bicyclic) bond motifs is 1. The van der Waals surface area contributed by atoms with Crippen LogP contribution in [-0.2, 0) is 0 Å². The molecule has 0 spiro atoms. The van der Waals surface area contributed by atoms with Crippen LogP contribution < -0.4 is 5.32 Å². The molecule has 2 aromatic heterocycles. The van der Waals surface area contributed by atoms with Crippen LogP contribution in [0.4, 0.5) is 10.2 Å². The first kappa shape index (κ1) is 18.4. The summed E-state index contributed by atoms with van der Waals surface area (Å²) in [5.41, 5.74) is 3.55. The fraction of sp³-hybridized carbons (Fsp3) is 0.409. The van der Waals surface area contributed by atoms with Gasteiger partial charge in [0.2, 0.25) is 0 Å². The summed E-state index contributed by atoms with van der Waals surface area (Å²) in [6.45, 7) is 13.2. The fourth-order valence-electron chi connectivity index (χ4n) is 3.90. The minimum absolute atomic E-state index is 0.140. The van der Waals surface area contributed by atoms with Crippen molar-refractivity contribution in [2.24, 2.45) is 5.41 Å². The average Bonchev–Trinajstić information content (AvgIpc) is 2.84. The van der Waals surface area contributed by atoms with Crippen LogP contribution in [0.15, 0.2) is 42.5 Å². The van der Waals surface area contributed by atoms with E-state index in [1.807, 2.05) is 18.2 Å². The van der Waals surface area contributed by atoms with Gasteiger partial charge in [-0.15, -0.1) is 0 Å². The van der Waals surface area contributed by atoms with Crippen LogP contribution >= 0.6 is 0 Å². The van der Waals surface area contributed by atoms with E-state index in [1.54, 1.807) is 12.1 Å². The van der Waals surface area contributed by atoms with Gasteiger partial charge in [-0.3, -0.25) is 4.40 Å². The number of imidazole rings is 1. The van der Waals surface area contributed by atoms with E-state index in [1.165, 1.54) is 6.07 Å². The Balaban J connectivity index is 2.17. The lowest BCUT2D eigenvalue weighted by atomic mass is 9.82. The molecule has 0 bridgehead atoms. The van der Waals surface area contributed by atoms with Crippen LogP contribution in [0.1, 0.15) is 46.7 Å². The summed E-state index contributed by atoms with van der Waals surface area (Å²) in [5.74, 6) is 0.661. The first-order valence-corrected chi connectivity index (χ1v) is 9.08. The van der Waals surface area contributed by atoms with Gasteiger partial charge < -0.3 is 5.32 Å². The van der Waals surface area contributed by atoms with Crippen LogP contribution in [0.2, 0.25) is 0 Å². The van der Waals surface area contributed by atoms with Crippen molar-refractivity contribution in [2.75, 3.05) is 5.32 Å². The lowest BCUT2D eigenvalue weighted by Crippen LogP contribution is -2.36. The van der Waals surface area contributed by atoms with E-state index in [0.717, 1.165) is 34.8 Å². The van der Waals surface area contributed by atoms with E-state index in [0.29, 0.717) is 0 Å². The lowest BCUT2D eigenvalue weighted by molar-refractivity contribution is 0.302. The van der Waals surface area contributed by atoms with Crippen molar-refractivity contribution in [1.82, 2.24) is 9.38 Å². The molecule has 1 N–H and O–H groups in total. The van der Waals surface area contributed by atoms with Gasteiger partial charge in [0.25, 0.3) is 0 Å². The number of pyridine rings is 1. The second kappa shape index (κ2) is 6.42. The molecule has 0 fully saturated rings. The smallest absolute Gasteiger partial charge is 0.139 e. The van der Waals surface area contributed by atoms with Crippen LogP contribution in [0, 0.1) is 18.2 Å². The Morgan fingerprint density at radius 3 is 2.38 bits per heavy atom. The quantitative estimate of drug-likeness (QED) is 0.616. The van der Waals surface area contributed by atoms with Gasteiger partial charge in [-0.2, -0.15) is 0 Å². The summed E-state index contributed by atoms with van der Waals surface area (Å²) in [7, 11) is 0. The Labute approximate surface area is 155 Å². The standard InChI is InChI=1S/C22H28FN3/c1-15-9-7-12-18-24-19(16-10-8-11-17(23)13-16)20(26(15)18)25-22(5,6)14-21(2,3)4/h7-13,25H,14H2,1-6H3. The van der Waals surface area contributed by atoms with Crippen molar-refractivity contribution >= 4 is 11.5 Å². The van der Waals surface area contributed by atoms with Gasteiger partial charge in [-0.1, -0.05) is 39.0 Å². The van der Waals surface area contributed by atoms with Gasteiger partial charge in [0.05, 0.1) is 0 Å². The molecule has 0 saturated carbocycles. The molecule has 0 aliphatic heterocycles. The van der Waals surface area contributed by atoms with Gasteiger partial charge in [-0.25, -0.2) is 9.37 Å². The second-order valence-electron chi connectivity index (χ2n) is 8.93. The molecule has 138 valence electrons. The number of anilines is 1. The van der Waals surface area contributed by atoms with E-state index in [2.05, 4.69) is 57.3 Å². The van der Waals surface area contributed by atoms with Gasteiger partial charge >= 0.3 is 0 Å². The molecule has 1 aromatic carbocycles. The number of aryl methyl sites for hydroxylation is 1. The Morgan fingerprint density at radius 2 is 1.73 bits per heavy atom. The van der Waals surface area contributed by atoms with Gasteiger partial charge in [0, 0.05) is 16.8 Å². The van der Waals surface area contributed by atoms with E-state index in [9.17, 15) is 4.39 Å². The number of halogens is 1. The highest BCUT2D eigenvalue weighted by Crippen LogP contribution is 2.35. The minimum Gasteiger partial charge on any atom is -0.364 e. The molecule has 3 aromatic rings. The summed E-state index contributed by atoms with van der Waals surface area (Å²) in [6, 6.07) is 12.7. The highest BCUT2D eigenvalue weighted by Gasteiger charge is 2.28. The maximum Gasteiger partial charge on any atom is 0.139 e. The number of aromatic nitrogens is 2. The third-order valence-electron chi connectivity index (χ3n) is 4.37. The third-order valence-corrected chi connectivity index (χ3v) is 4.37. The van der Waals surface area contributed by atoms with Gasteiger partial charge in [-0.05, 0) is 56.9 Å². The molecule has 0 amide bonds. The largest absolute Gasteiger partial charge is 0.364 e. The first-order valence-electron chi connectivity index (χ1n) is 9.08. The maximum atomic E-state index is 13.8. The molecule has 0 radical (unpaired) electrons. The van der Waals surface area contributed by atoms with E-state index in [4.69, 9.17) is 4.98 Å². The van der Waals surface area contributed by atoms with Crippen molar-refractivity contribution in [3.63, 3.8) is 0 Å². The molecule has 3 nitrogen and oxygen atoms in total. The summed E-state index contributed by atoms with van der Waals surface area (Å²) in [4.78, 5) is 4.80. The topological polar surface area (TPSA) is 29.3 Å². The highest BCUT2D eigenvalue weighted by atomic mass is 19.1. The number of nitrogens with zero attached hydrogens (tertiary/aromatic N) is 2. The maximum absolute atomic E-state index is 13.8. The number of benzene rings is 1. The number of nitrogens with one attached hydrogen (secondary N) is 1. The predicted molar refractivity (Wildman–Crippen MR) is 107 cm³/mol. The zero-order chi connectivity index (χ0) is 19.1. The SMILES string of the molecule is Cc1cccc2nc(-c3cccc(F)c3)c(NC(C)(C)CC(C)(C)C)n12. The molecular formula is C22H28FN3. The van der Waals surface area contributed by atoms with Crippen molar-refractivity contribution in [1.29, 1.82) is 0 Å². The van der Waals surface area contributed by atoms with Crippen LogP contribution in [0.3, 0.4) is 0 Å². The molecule has 0 atom stereocenters. The Kier molecular flexibility index (Phi) is 4.55. The summed E-state index contributed by atoms with van der Waals surface area (Å²) >= 11 is 0. The van der Waals surface area contributed by atoms with Crippen molar-refractivity contribution in [3.8, 4) is 11.3 Å². The van der Waals surface area contributed by atoms with Crippen molar-refractivity contribution < 1.29 is 4.39 Å². The van der Waals surface area contributed by atoms with E-state index in [-0.39, 0.29) is 16.8 Å². The van der Waals surface area contributed by atoms with Crippen LogP contribution in [-0.4, -0.2) is 14.9 Å². The molecular weight excluding hydrogens is 325 g/mol. The highest BCUT2D eigenvalue weighted by molar-refractivity contribution is 5.77. The summed E-state index contributed by atoms with van der Waals surface area (Å²) in [6.07, 6.45) is 0.988.